The Hall–Kier alpha value is -1.14. The van der Waals surface area contributed by atoms with Crippen LogP contribution < -0.4 is 4.90 Å². The zero-order valence-electron chi connectivity index (χ0n) is 9.00. The average Bonchev–Trinajstić information content (AvgIpc) is 2.88. The number of piperazine rings is 1. The predicted octanol–water partition coefficient (Wildman–Crippen LogP) is 1.55. The Morgan fingerprint density at radius 2 is 2.25 bits per heavy atom. The lowest BCUT2D eigenvalue weighted by Gasteiger charge is -2.32. The number of likely N-dealkylation sites (N-methyl/N-ethyl adjacent to an activating group) is 1. The van der Waals surface area contributed by atoms with E-state index in [1.807, 2.05) is 6.07 Å². The minimum absolute atomic E-state index is 0.242. The Labute approximate surface area is 97.4 Å². The summed E-state index contributed by atoms with van der Waals surface area (Å²) in [4.78, 5) is 15.0. The van der Waals surface area contributed by atoms with E-state index in [0.29, 0.717) is 12.1 Å². The first-order valence-corrected chi connectivity index (χ1v) is 6.18. The van der Waals surface area contributed by atoms with Crippen LogP contribution in [0, 0.1) is 10.1 Å². The summed E-state index contributed by atoms with van der Waals surface area (Å²) in [5.74, 6) is 0. The van der Waals surface area contributed by atoms with Crippen LogP contribution in [0.25, 0.3) is 0 Å². The van der Waals surface area contributed by atoms with Gasteiger partial charge in [-0.1, -0.05) is 0 Å². The SMILES string of the molecule is CN1C[C@@H]2C[C@H]1CN2c1ccc([N+](=O)[O-])s1. The third-order valence-corrected chi connectivity index (χ3v) is 4.63. The first-order valence-electron chi connectivity index (χ1n) is 5.36. The van der Waals surface area contributed by atoms with Crippen LogP contribution in [0.2, 0.25) is 0 Å². The first kappa shape index (κ1) is 10.0. The van der Waals surface area contributed by atoms with Crippen LogP contribution in [0.1, 0.15) is 6.42 Å². The molecule has 0 unspecified atom stereocenters. The third kappa shape index (κ3) is 1.41. The monoisotopic (exact) mass is 239 g/mol. The van der Waals surface area contributed by atoms with Crippen molar-refractivity contribution < 1.29 is 4.92 Å². The number of rotatable bonds is 2. The van der Waals surface area contributed by atoms with Gasteiger partial charge in [-0.05, 0) is 30.9 Å². The fraction of sp³-hybridized carbons (Fsp3) is 0.600. The minimum atomic E-state index is -0.311. The van der Waals surface area contributed by atoms with Crippen molar-refractivity contribution in [3.63, 3.8) is 0 Å². The first-order chi connectivity index (χ1) is 7.65. The van der Waals surface area contributed by atoms with Gasteiger partial charge in [0.05, 0.1) is 9.92 Å². The molecule has 0 amide bonds. The Balaban J connectivity index is 1.81. The standard InChI is InChI=1S/C10H13N3O2S/c1-11-5-8-4-7(11)6-12(8)9-2-3-10(16-9)13(14)15/h2-3,7-8H,4-6H2,1H3/t7-,8-/m0/s1. The number of hydrogen-bond acceptors (Lipinski definition) is 5. The molecular formula is C10H13N3O2S. The molecule has 2 atom stereocenters. The van der Waals surface area contributed by atoms with Gasteiger partial charge >= 0.3 is 5.00 Å². The molecule has 16 heavy (non-hydrogen) atoms. The van der Waals surface area contributed by atoms with Crippen molar-refractivity contribution in [2.45, 2.75) is 18.5 Å². The van der Waals surface area contributed by atoms with Gasteiger partial charge in [0.25, 0.3) is 0 Å². The van der Waals surface area contributed by atoms with Crippen molar-refractivity contribution in [1.29, 1.82) is 0 Å². The number of nitrogens with zero attached hydrogens (tertiary/aromatic N) is 3. The molecule has 2 saturated heterocycles. The average molecular weight is 239 g/mol. The van der Waals surface area contributed by atoms with Crippen LogP contribution in [0.15, 0.2) is 12.1 Å². The number of hydrogen-bond donors (Lipinski definition) is 0. The molecular weight excluding hydrogens is 226 g/mol. The topological polar surface area (TPSA) is 49.6 Å². The number of nitro groups is 1. The van der Waals surface area contributed by atoms with Crippen LogP contribution in [-0.2, 0) is 0 Å². The van der Waals surface area contributed by atoms with Crippen LogP contribution in [-0.4, -0.2) is 42.0 Å². The van der Waals surface area contributed by atoms with Crippen LogP contribution in [0.5, 0.6) is 0 Å². The van der Waals surface area contributed by atoms with Crippen LogP contribution in [0.3, 0.4) is 0 Å². The number of thiophene rings is 1. The fourth-order valence-corrected chi connectivity index (χ4v) is 3.61. The number of fused-ring (bicyclic) bond motifs is 2. The van der Waals surface area contributed by atoms with Gasteiger partial charge in [-0.3, -0.25) is 15.0 Å². The maximum Gasteiger partial charge on any atom is 0.326 e. The van der Waals surface area contributed by atoms with E-state index in [-0.39, 0.29) is 9.92 Å². The van der Waals surface area contributed by atoms with Crippen LogP contribution >= 0.6 is 11.3 Å². The highest BCUT2D eigenvalue weighted by atomic mass is 32.1. The van der Waals surface area contributed by atoms with Crippen molar-refractivity contribution in [2.24, 2.45) is 0 Å². The van der Waals surface area contributed by atoms with Crippen molar-refractivity contribution in [3.05, 3.63) is 22.2 Å². The molecule has 0 aromatic carbocycles. The lowest BCUT2D eigenvalue weighted by Crippen LogP contribution is -2.44. The molecule has 0 aliphatic carbocycles. The summed E-state index contributed by atoms with van der Waals surface area (Å²) in [6, 6.07) is 4.67. The summed E-state index contributed by atoms with van der Waals surface area (Å²) in [6.45, 7) is 2.09. The number of likely N-dealkylation sites (tertiary alicyclic amines) is 1. The van der Waals surface area contributed by atoms with E-state index in [0.717, 1.165) is 18.1 Å². The molecule has 0 saturated carbocycles. The lowest BCUT2D eigenvalue weighted by molar-refractivity contribution is -0.380. The summed E-state index contributed by atoms with van der Waals surface area (Å²) >= 11 is 1.29. The molecule has 1 aromatic rings. The second-order valence-electron chi connectivity index (χ2n) is 4.50. The van der Waals surface area contributed by atoms with Crippen molar-refractivity contribution >= 4 is 21.3 Å². The van der Waals surface area contributed by atoms with E-state index in [1.54, 1.807) is 6.07 Å². The Morgan fingerprint density at radius 3 is 2.75 bits per heavy atom. The van der Waals surface area contributed by atoms with Gasteiger partial charge < -0.3 is 4.90 Å². The van der Waals surface area contributed by atoms with Crippen molar-refractivity contribution in [2.75, 3.05) is 25.0 Å². The normalized spacial score (nSPS) is 28.9. The maximum absolute atomic E-state index is 10.6. The maximum atomic E-state index is 10.6. The summed E-state index contributed by atoms with van der Waals surface area (Å²) in [7, 11) is 2.15. The van der Waals surface area contributed by atoms with Gasteiger partial charge in [-0.2, -0.15) is 0 Å². The molecule has 0 spiro atoms. The molecule has 2 aliphatic heterocycles. The fourth-order valence-electron chi connectivity index (χ4n) is 2.71. The Bertz CT molecular complexity index is 431. The summed E-state index contributed by atoms with van der Waals surface area (Å²) in [6.07, 6.45) is 1.20. The highest BCUT2D eigenvalue weighted by molar-refractivity contribution is 7.19. The van der Waals surface area contributed by atoms with Gasteiger partial charge in [-0.25, -0.2) is 0 Å². The zero-order chi connectivity index (χ0) is 11.3. The molecule has 2 fully saturated rings. The third-order valence-electron chi connectivity index (χ3n) is 3.56. The quantitative estimate of drug-likeness (QED) is 0.580. The molecule has 0 N–H and O–H groups in total. The van der Waals surface area contributed by atoms with Gasteiger partial charge in [-0.15, -0.1) is 0 Å². The highest BCUT2D eigenvalue weighted by Crippen LogP contribution is 2.39. The van der Waals surface area contributed by atoms with Crippen molar-refractivity contribution in [3.8, 4) is 0 Å². The minimum Gasteiger partial charge on any atom is -0.357 e. The summed E-state index contributed by atoms with van der Waals surface area (Å²) in [5.41, 5.74) is 0. The van der Waals surface area contributed by atoms with Crippen molar-refractivity contribution in [1.82, 2.24) is 4.90 Å². The molecule has 2 aliphatic rings. The second kappa shape index (κ2) is 3.43. The van der Waals surface area contributed by atoms with Gasteiger partial charge in [0.1, 0.15) is 0 Å². The summed E-state index contributed by atoms with van der Waals surface area (Å²) in [5, 5.41) is 11.9. The number of anilines is 1. The molecule has 5 nitrogen and oxygen atoms in total. The molecule has 86 valence electrons. The van der Waals surface area contributed by atoms with E-state index < -0.39 is 0 Å². The highest BCUT2D eigenvalue weighted by Gasteiger charge is 2.42. The van der Waals surface area contributed by atoms with Gasteiger partial charge in [0.15, 0.2) is 0 Å². The molecule has 6 heteroatoms. The molecule has 1 aromatic heterocycles. The zero-order valence-corrected chi connectivity index (χ0v) is 9.81. The molecule has 3 rings (SSSR count). The Morgan fingerprint density at radius 1 is 1.44 bits per heavy atom. The largest absolute Gasteiger partial charge is 0.357 e. The Kier molecular flexibility index (Phi) is 2.15. The van der Waals surface area contributed by atoms with E-state index in [1.165, 1.54) is 17.8 Å². The van der Waals surface area contributed by atoms with E-state index in [9.17, 15) is 10.1 Å². The molecule has 2 bridgehead atoms. The molecule has 3 heterocycles. The second-order valence-corrected chi connectivity index (χ2v) is 5.54. The molecule has 0 radical (unpaired) electrons. The van der Waals surface area contributed by atoms with Crippen LogP contribution in [0.4, 0.5) is 10.0 Å². The van der Waals surface area contributed by atoms with Gasteiger partial charge in [0.2, 0.25) is 0 Å². The van der Waals surface area contributed by atoms with E-state index in [4.69, 9.17) is 0 Å². The smallest absolute Gasteiger partial charge is 0.326 e. The predicted molar refractivity (Wildman–Crippen MR) is 63.1 cm³/mol. The van der Waals surface area contributed by atoms with Gasteiger partial charge in [0, 0.05) is 31.2 Å². The van der Waals surface area contributed by atoms with E-state index >= 15 is 0 Å². The lowest BCUT2D eigenvalue weighted by atomic mass is 10.2. The van der Waals surface area contributed by atoms with E-state index in [2.05, 4.69) is 16.8 Å². The summed E-state index contributed by atoms with van der Waals surface area (Å²) < 4.78 is 0.